The zero-order chi connectivity index (χ0) is 17.8. The van der Waals surface area contributed by atoms with E-state index in [0.717, 1.165) is 21.9 Å². The zero-order valence-electron chi connectivity index (χ0n) is 13.5. The summed E-state index contributed by atoms with van der Waals surface area (Å²) in [5.74, 6) is 0.790. The van der Waals surface area contributed by atoms with Crippen molar-refractivity contribution in [2.75, 3.05) is 0 Å². The van der Waals surface area contributed by atoms with Crippen LogP contribution in [-0.4, -0.2) is 15.7 Å². The van der Waals surface area contributed by atoms with Gasteiger partial charge in [0.15, 0.2) is 5.76 Å². The van der Waals surface area contributed by atoms with Crippen LogP contribution in [0.5, 0.6) is 0 Å². The molecule has 4 nitrogen and oxygen atoms in total. The largest absolute Gasteiger partial charge is 0.356 e. The highest BCUT2D eigenvalue weighted by atomic mass is 79.9. The minimum atomic E-state index is -1.41. The van der Waals surface area contributed by atoms with E-state index in [1.54, 1.807) is 6.92 Å². The fourth-order valence-corrected chi connectivity index (χ4v) is 4.24. The van der Waals surface area contributed by atoms with E-state index in [-0.39, 0.29) is 0 Å². The first-order valence-electron chi connectivity index (χ1n) is 7.68. The smallest absolute Gasteiger partial charge is 0.171 e. The van der Waals surface area contributed by atoms with Gasteiger partial charge >= 0.3 is 0 Å². The first-order chi connectivity index (χ1) is 12.1. The number of benzene rings is 2. The predicted molar refractivity (Wildman–Crippen MR) is 101 cm³/mol. The molecule has 0 aliphatic rings. The van der Waals surface area contributed by atoms with E-state index in [1.165, 1.54) is 0 Å². The number of hydrogen-bond donors (Lipinski definition) is 0. The molecule has 6 heteroatoms. The fraction of sp³-hybridized carbons (Fsp3) is 0.158. The highest BCUT2D eigenvalue weighted by molar-refractivity contribution is 9.10. The Hall–Kier alpha value is -2.05. The van der Waals surface area contributed by atoms with Crippen molar-refractivity contribution in [2.24, 2.45) is 0 Å². The fourth-order valence-electron chi connectivity index (χ4n) is 2.61. The molecule has 0 amide bonds. The maximum atomic E-state index is 12.8. The standard InChI is InChI=1S/C19H16BrNO3S/c1-13-18(19(24-21-13)15-7-9-16(20)10-8-15)17(11-22)25(23)12-14-5-3-2-4-6-14/h2-11,17H,12H2,1H3. The summed E-state index contributed by atoms with van der Waals surface area (Å²) in [5.41, 5.74) is 2.89. The van der Waals surface area contributed by atoms with E-state index in [1.807, 2.05) is 54.6 Å². The van der Waals surface area contributed by atoms with Crippen molar-refractivity contribution in [2.45, 2.75) is 17.9 Å². The molecule has 2 unspecified atom stereocenters. The second-order valence-electron chi connectivity index (χ2n) is 5.59. The summed E-state index contributed by atoms with van der Waals surface area (Å²) in [4.78, 5) is 11.8. The Kier molecular flexibility index (Phi) is 5.60. The zero-order valence-corrected chi connectivity index (χ0v) is 15.9. The van der Waals surface area contributed by atoms with Gasteiger partial charge in [0.25, 0.3) is 0 Å². The van der Waals surface area contributed by atoms with Gasteiger partial charge in [0, 0.05) is 32.2 Å². The van der Waals surface area contributed by atoms with Crippen molar-refractivity contribution in [1.29, 1.82) is 0 Å². The summed E-state index contributed by atoms with van der Waals surface area (Å²) in [6, 6.07) is 17.0. The van der Waals surface area contributed by atoms with Crippen LogP contribution in [0.25, 0.3) is 11.3 Å². The number of aromatic nitrogens is 1. The predicted octanol–water partition coefficient (Wildman–Crippen LogP) is 4.60. The highest BCUT2D eigenvalue weighted by Gasteiger charge is 2.28. The van der Waals surface area contributed by atoms with E-state index in [0.29, 0.717) is 22.8 Å². The molecule has 0 saturated carbocycles. The normalized spacial score (nSPS) is 13.4. The van der Waals surface area contributed by atoms with Crippen molar-refractivity contribution >= 4 is 33.0 Å². The van der Waals surface area contributed by atoms with Crippen LogP contribution >= 0.6 is 15.9 Å². The number of aldehydes is 1. The molecular formula is C19H16BrNO3S. The van der Waals surface area contributed by atoms with Gasteiger partial charge in [-0.3, -0.25) is 4.21 Å². The lowest BCUT2D eigenvalue weighted by molar-refractivity contribution is -0.107. The van der Waals surface area contributed by atoms with Crippen molar-refractivity contribution < 1.29 is 13.5 Å². The molecule has 3 rings (SSSR count). The van der Waals surface area contributed by atoms with Crippen LogP contribution in [0, 0.1) is 6.92 Å². The number of hydrogen-bond acceptors (Lipinski definition) is 4. The topological polar surface area (TPSA) is 60.2 Å². The van der Waals surface area contributed by atoms with Crippen LogP contribution in [0.2, 0.25) is 0 Å². The van der Waals surface area contributed by atoms with Crippen LogP contribution in [0.1, 0.15) is 22.1 Å². The molecule has 25 heavy (non-hydrogen) atoms. The van der Waals surface area contributed by atoms with Crippen molar-refractivity contribution in [3.63, 3.8) is 0 Å². The number of aryl methyl sites for hydroxylation is 1. The molecule has 0 radical (unpaired) electrons. The quantitative estimate of drug-likeness (QED) is 0.549. The Morgan fingerprint density at radius 1 is 1.16 bits per heavy atom. The van der Waals surface area contributed by atoms with Gasteiger partial charge in [-0.05, 0) is 24.6 Å². The van der Waals surface area contributed by atoms with Crippen LogP contribution < -0.4 is 0 Å². The Balaban J connectivity index is 1.96. The first kappa shape index (κ1) is 17.8. The molecule has 3 aromatic rings. The monoisotopic (exact) mass is 417 g/mol. The molecule has 0 aliphatic carbocycles. The average Bonchev–Trinajstić information content (AvgIpc) is 2.99. The molecule has 1 heterocycles. The van der Waals surface area contributed by atoms with Crippen LogP contribution in [-0.2, 0) is 21.3 Å². The lowest BCUT2D eigenvalue weighted by Crippen LogP contribution is -2.12. The number of rotatable bonds is 6. The van der Waals surface area contributed by atoms with Crippen LogP contribution in [0.3, 0.4) is 0 Å². The van der Waals surface area contributed by atoms with Gasteiger partial charge < -0.3 is 9.32 Å². The molecule has 0 aliphatic heterocycles. The Morgan fingerprint density at radius 2 is 1.84 bits per heavy atom. The molecule has 0 N–H and O–H groups in total. The Bertz CT molecular complexity index is 891. The minimum Gasteiger partial charge on any atom is -0.356 e. The highest BCUT2D eigenvalue weighted by Crippen LogP contribution is 2.34. The summed E-state index contributed by atoms with van der Waals surface area (Å²) in [5, 5.41) is 3.21. The van der Waals surface area contributed by atoms with Crippen molar-refractivity contribution in [1.82, 2.24) is 5.16 Å². The summed E-state index contributed by atoms with van der Waals surface area (Å²) < 4.78 is 19.2. The SMILES string of the molecule is Cc1noc(-c2ccc(Br)cc2)c1C(C=O)S(=O)Cc1ccccc1. The third kappa shape index (κ3) is 3.96. The van der Waals surface area contributed by atoms with Crippen LogP contribution in [0.15, 0.2) is 63.6 Å². The van der Waals surface area contributed by atoms with Gasteiger partial charge in [-0.15, -0.1) is 0 Å². The molecule has 0 saturated heterocycles. The van der Waals surface area contributed by atoms with E-state index in [9.17, 15) is 9.00 Å². The maximum absolute atomic E-state index is 12.8. The van der Waals surface area contributed by atoms with Crippen LogP contribution in [0.4, 0.5) is 0 Å². The lowest BCUT2D eigenvalue weighted by atomic mass is 10.0. The number of nitrogens with zero attached hydrogens (tertiary/aromatic N) is 1. The molecule has 0 spiro atoms. The number of carbonyl (C=O) groups is 1. The van der Waals surface area contributed by atoms with E-state index in [2.05, 4.69) is 21.1 Å². The van der Waals surface area contributed by atoms with E-state index in [4.69, 9.17) is 4.52 Å². The Labute approximate surface area is 156 Å². The molecule has 0 fully saturated rings. The third-order valence-electron chi connectivity index (χ3n) is 3.86. The second-order valence-corrected chi connectivity index (χ2v) is 8.06. The summed E-state index contributed by atoms with van der Waals surface area (Å²) in [6.45, 7) is 1.76. The molecule has 2 aromatic carbocycles. The second kappa shape index (κ2) is 7.89. The van der Waals surface area contributed by atoms with Gasteiger partial charge in [-0.2, -0.15) is 0 Å². The van der Waals surface area contributed by atoms with Gasteiger partial charge in [0.2, 0.25) is 0 Å². The molecule has 1 aromatic heterocycles. The maximum Gasteiger partial charge on any atom is 0.171 e. The van der Waals surface area contributed by atoms with Gasteiger partial charge in [0.05, 0.1) is 5.69 Å². The molecular weight excluding hydrogens is 402 g/mol. The first-order valence-corrected chi connectivity index (χ1v) is 9.86. The summed E-state index contributed by atoms with van der Waals surface area (Å²) in [7, 11) is -1.41. The van der Waals surface area contributed by atoms with Crippen molar-refractivity contribution in [3.8, 4) is 11.3 Å². The van der Waals surface area contributed by atoms with Gasteiger partial charge in [0.1, 0.15) is 11.5 Å². The van der Waals surface area contributed by atoms with E-state index < -0.39 is 16.0 Å². The molecule has 2 atom stereocenters. The number of halogens is 1. The summed E-state index contributed by atoms with van der Waals surface area (Å²) >= 11 is 3.39. The number of carbonyl (C=O) groups excluding carboxylic acids is 1. The van der Waals surface area contributed by atoms with Gasteiger partial charge in [-0.25, -0.2) is 0 Å². The Morgan fingerprint density at radius 3 is 2.48 bits per heavy atom. The van der Waals surface area contributed by atoms with E-state index >= 15 is 0 Å². The summed E-state index contributed by atoms with van der Waals surface area (Å²) in [6.07, 6.45) is 0.723. The van der Waals surface area contributed by atoms with Crippen molar-refractivity contribution in [3.05, 3.63) is 75.9 Å². The average molecular weight is 418 g/mol. The molecule has 128 valence electrons. The minimum absolute atomic E-state index is 0.300. The third-order valence-corrected chi connectivity index (χ3v) is 5.92. The van der Waals surface area contributed by atoms with Gasteiger partial charge in [-0.1, -0.05) is 63.6 Å². The lowest BCUT2D eigenvalue weighted by Gasteiger charge is -2.11. The molecule has 0 bridgehead atoms.